The summed E-state index contributed by atoms with van der Waals surface area (Å²) in [5, 5.41) is 2.94. The molecule has 0 saturated carbocycles. The van der Waals surface area contributed by atoms with Crippen LogP contribution in [0, 0.1) is 13.8 Å². The van der Waals surface area contributed by atoms with Gasteiger partial charge in [-0.2, -0.15) is 0 Å². The number of imide groups is 2. The molecule has 30 heavy (non-hydrogen) atoms. The maximum absolute atomic E-state index is 13.1. The van der Waals surface area contributed by atoms with Crippen molar-refractivity contribution in [1.29, 1.82) is 0 Å². The number of barbiturate groups is 1. The predicted molar refractivity (Wildman–Crippen MR) is 113 cm³/mol. The molecule has 1 aliphatic heterocycles. The van der Waals surface area contributed by atoms with Gasteiger partial charge in [-0.3, -0.25) is 24.3 Å². The Hall–Kier alpha value is -4.00. The SMILES string of the molecule is CC(=O)n1cc(/C=C2\C(=O)NC(=O)N(c3ccc(C)c(C)c3)C2=O)c2ccccc21. The van der Waals surface area contributed by atoms with Gasteiger partial charge in [-0.1, -0.05) is 24.3 Å². The lowest BCUT2D eigenvalue weighted by Gasteiger charge is -2.26. The van der Waals surface area contributed by atoms with Crippen molar-refractivity contribution in [1.82, 2.24) is 9.88 Å². The number of hydrogen-bond donors (Lipinski definition) is 1. The molecule has 0 bridgehead atoms. The summed E-state index contributed by atoms with van der Waals surface area (Å²) in [6.07, 6.45) is 3.00. The molecule has 0 unspecified atom stereocenters. The van der Waals surface area contributed by atoms with Crippen LogP contribution in [0.5, 0.6) is 0 Å². The van der Waals surface area contributed by atoms with Gasteiger partial charge in [0.25, 0.3) is 11.8 Å². The first-order valence-corrected chi connectivity index (χ1v) is 9.37. The minimum Gasteiger partial charge on any atom is -0.287 e. The van der Waals surface area contributed by atoms with Crippen molar-refractivity contribution in [3.8, 4) is 0 Å². The zero-order chi connectivity index (χ0) is 21.6. The minimum absolute atomic E-state index is 0.181. The second-order valence-electron chi connectivity index (χ2n) is 7.22. The number of carbonyl (C=O) groups is 4. The maximum Gasteiger partial charge on any atom is 0.335 e. The van der Waals surface area contributed by atoms with Crippen molar-refractivity contribution in [2.45, 2.75) is 20.8 Å². The Morgan fingerprint density at radius 1 is 1.00 bits per heavy atom. The smallest absolute Gasteiger partial charge is 0.287 e. The van der Waals surface area contributed by atoms with Crippen LogP contribution in [0.4, 0.5) is 10.5 Å². The molecule has 1 fully saturated rings. The predicted octanol–water partition coefficient (Wildman–Crippen LogP) is 3.58. The van der Waals surface area contributed by atoms with E-state index in [9.17, 15) is 19.2 Å². The first-order chi connectivity index (χ1) is 14.3. The van der Waals surface area contributed by atoms with Gasteiger partial charge in [0, 0.05) is 24.1 Å². The lowest BCUT2D eigenvalue weighted by Crippen LogP contribution is -2.54. The van der Waals surface area contributed by atoms with Gasteiger partial charge in [0.15, 0.2) is 0 Å². The maximum atomic E-state index is 13.1. The summed E-state index contributed by atoms with van der Waals surface area (Å²) in [6, 6.07) is 11.6. The highest BCUT2D eigenvalue weighted by molar-refractivity contribution is 6.39. The third-order valence-electron chi connectivity index (χ3n) is 5.23. The molecule has 0 spiro atoms. The average molecular weight is 401 g/mol. The molecule has 4 amide bonds. The number of hydrogen-bond acceptors (Lipinski definition) is 4. The second-order valence-corrected chi connectivity index (χ2v) is 7.22. The molecule has 1 saturated heterocycles. The van der Waals surface area contributed by atoms with E-state index in [1.165, 1.54) is 17.6 Å². The van der Waals surface area contributed by atoms with Gasteiger partial charge in [-0.15, -0.1) is 0 Å². The van der Waals surface area contributed by atoms with Crippen molar-refractivity contribution >= 4 is 46.4 Å². The minimum atomic E-state index is -0.795. The van der Waals surface area contributed by atoms with Crippen molar-refractivity contribution in [2.75, 3.05) is 4.90 Å². The van der Waals surface area contributed by atoms with Gasteiger partial charge in [-0.25, -0.2) is 9.69 Å². The lowest BCUT2D eigenvalue weighted by molar-refractivity contribution is -0.122. The summed E-state index contributed by atoms with van der Waals surface area (Å²) in [7, 11) is 0. The van der Waals surface area contributed by atoms with Crippen LogP contribution in [-0.4, -0.2) is 28.3 Å². The number of para-hydroxylation sites is 1. The third kappa shape index (κ3) is 3.10. The van der Waals surface area contributed by atoms with Crippen LogP contribution in [0.2, 0.25) is 0 Å². The molecule has 3 aromatic rings. The number of nitrogens with one attached hydrogen (secondary N) is 1. The molecule has 1 N–H and O–H groups in total. The zero-order valence-electron chi connectivity index (χ0n) is 16.7. The molecule has 4 rings (SSSR count). The summed E-state index contributed by atoms with van der Waals surface area (Å²) in [5.41, 5.74) is 3.34. The van der Waals surface area contributed by atoms with Gasteiger partial charge >= 0.3 is 6.03 Å². The Bertz CT molecular complexity index is 1280. The Labute approximate surface area is 172 Å². The Morgan fingerprint density at radius 2 is 1.73 bits per heavy atom. The molecule has 7 nitrogen and oxygen atoms in total. The monoisotopic (exact) mass is 401 g/mol. The Balaban J connectivity index is 1.83. The van der Waals surface area contributed by atoms with Gasteiger partial charge in [0.1, 0.15) is 5.57 Å². The zero-order valence-corrected chi connectivity index (χ0v) is 16.7. The number of benzene rings is 2. The van der Waals surface area contributed by atoms with Crippen molar-refractivity contribution in [2.24, 2.45) is 0 Å². The van der Waals surface area contributed by atoms with Gasteiger partial charge in [-0.05, 0) is 49.2 Å². The van der Waals surface area contributed by atoms with Gasteiger partial charge in [0.05, 0.1) is 11.2 Å². The van der Waals surface area contributed by atoms with Crippen LogP contribution in [0.1, 0.15) is 28.4 Å². The highest BCUT2D eigenvalue weighted by Gasteiger charge is 2.37. The molecule has 0 atom stereocenters. The quantitative estimate of drug-likeness (QED) is 0.525. The van der Waals surface area contributed by atoms with Crippen LogP contribution < -0.4 is 10.2 Å². The van der Waals surface area contributed by atoms with Crippen molar-refractivity contribution < 1.29 is 19.2 Å². The molecule has 0 radical (unpaired) electrons. The van der Waals surface area contributed by atoms with E-state index in [0.29, 0.717) is 16.8 Å². The van der Waals surface area contributed by atoms with E-state index < -0.39 is 17.8 Å². The summed E-state index contributed by atoms with van der Waals surface area (Å²) in [5.74, 6) is -1.68. The number of anilines is 1. The number of fused-ring (bicyclic) bond motifs is 1. The number of nitrogens with zero attached hydrogens (tertiary/aromatic N) is 2. The third-order valence-corrected chi connectivity index (χ3v) is 5.23. The first kappa shape index (κ1) is 19.3. The van der Waals surface area contributed by atoms with E-state index in [1.807, 2.05) is 26.0 Å². The van der Waals surface area contributed by atoms with E-state index in [2.05, 4.69) is 5.32 Å². The number of aromatic nitrogens is 1. The number of aryl methyl sites for hydroxylation is 2. The number of carbonyl (C=O) groups excluding carboxylic acids is 4. The average Bonchev–Trinajstić information content (AvgIpc) is 3.07. The van der Waals surface area contributed by atoms with E-state index in [4.69, 9.17) is 0 Å². The number of urea groups is 1. The van der Waals surface area contributed by atoms with E-state index in [1.54, 1.807) is 36.5 Å². The molecule has 7 heteroatoms. The summed E-state index contributed by atoms with van der Waals surface area (Å²) in [6.45, 7) is 5.24. The fourth-order valence-corrected chi connectivity index (χ4v) is 3.49. The molecule has 2 aromatic carbocycles. The van der Waals surface area contributed by atoms with Crippen LogP contribution in [0.3, 0.4) is 0 Å². The second kappa shape index (κ2) is 7.11. The fourth-order valence-electron chi connectivity index (χ4n) is 3.49. The van der Waals surface area contributed by atoms with Gasteiger partial charge < -0.3 is 0 Å². The van der Waals surface area contributed by atoms with E-state index in [0.717, 1.165) is 21.4 Å². The highest BCUT2D eigenvalue weighted by Crippen LogP contribution is 2.27. The molecule has 1 aliphatic rings. The summed E-state index contributed by atoms with van der Waals surface area (Å²) >= 11 is 0. The normalized spacial score (nSPS) is 15.8. The van der Waals surface area contributed by atoms with Crippen LogP contribution in [0.25, 0.3) is 17.0 Å². The van der Waals surface area contributed by atoms with Crippen molar-refractivity contribution in [3.05, 3.63) is 70.9 Å². The molecule has 1 aromatic heterocycles. The summed E-state index contributed by atoms with van der Waals surface area (Å²) < 4.78 is 1.46. The molecule has 2 heterocycles. The largest absolute Gasteiger partial charge is 0.335 e. The summed E-state index contributed by atoms with van der Waals surface area (Å²) in [4.78, 5) is 50.9. The Morgan fingerprint density at radius 3 is 2.43 bits per heavy atom. The number of rotatable bonds is 2. The van der Waals surface area contributed by atoms with Crippen LogP contribution in [0.15, 0.2) is 54.2 Å². The molecule has 150 valence electrons. The van der Waals surface area contributed by atoms with E-state index >= 15 is 0 Å². The van der Waals surface area contributed by atoms with E-state index in [-0.39, 0.29) is 11.5 Å². The van der Waals surface area contributed by atoms with Crippen LogP contribution >= 0.6 is 0 Å². The van der Waals surface area contributed by atoms with Crippen molar-refractivity contribution in [3.63, 3.8) is 0 Å². The topological polar surface area (TPSA) is 88.5 Å². The molecular formula is C23H19N3O4. The fraction of sp³-hybridized carbons (Fsp3) is 0.130. The lowest BCUT2D eigenvalue weighted by atomic mass is 10.0. The first-order valence-electron chi connectivity index (χ1n) is 9.37. The molecule has 0 aliphatic carbocycles. The standard InChI is InChI=1S/C23H19N3O4/c1-13-8-9-17(10-14(13)2)26-22(29)19(21(28)24-23(26)30)11-16-12-25(15(3)27)20-7-5-4-6-18(16)20/h4-12H,1-3H3,(H,24,28,30)/b19-11+. The molecular weight excluding hydrogens is 382 g/mol. The Kier molecular flexibility index (Phi) is 4.58. The van der Waals surface area contributed by atoms with Crippen LogP contribution in [-0.2, 0) is 9.59 Å². The highest BCUT2D eigenvalue weighted by atomic mass is 16.2. The van der Waals surface area contributed by atoms with Gasteiger partial charge in [0.2, 0.25) is 5.91 Å². The number of amides is 4.